The van der Waals surface area contributed by atoms with Crippen LogP contribution in [0, 0.1) is 5.92 Å². The van der Waals surface area contributed by atoms with E-state index >= 15 is 0 Å². The average molecular weight is 387 g/mol. The molecule has 0 aliphatic heterocycles. The summed E-state index contributed by atoms with van der Waals surface area (Å²) in [5.41, 5.74) is 5.99. The van der Waals surface area contributed by atoms with Gasteiger partial charge in [-0.3, -0.25) is 4.79 Å². The van der Waals surface area contributed by atoms with Gasteiger partial charge in [-0.25, -0.2) is 0 Å². The Bertz CT molecular complexity index is 915. The minimum Gasteiger partial charge on any atom is -0.377 e. The molecule has 3 aromatic carbocycles. The monoisotopic (exact) mass is 386 g/mol. The standard InChI is InChI=1S/C27H30O2/c1-3-23-13-7-9-15-25(23)26-16-10-8-14-24(26)19-27(28)21(2)17-18-29-20-22-11-5-4-6-12-22/h4-16,21H,3,17-20H2,1-2H3. The maximum Gasteiger partial charge on any atom is 0.140 e. The molecule has 0 spiro atoms. The fourth-order valence-corrected chi connectivity index (χ4v) is 3.58. The molecule has 0 saturated heterocycles. The second-order valence-corrected chi connectivity index (χ2v) is 7.54. The molecule has 2 heteroatoms. The van der Waals surface area contributed by atoms with Gasteiger partial charge in [-0.05, 0) is 40.7 Å². The summed E-state index contributed by atoms with van der Waals surface area (Å²) in [7, 11) is 0. The third-order valence-corrected chi connectivity index (χ3v) is 5.43. The maximum atomic E-state index is 12.9. The van der Waals surface area contributed by atoms with Gasteiger partial charge in [0, 0.05) is 18.9 Å². The molecule has 29 heavy (non-hydrogen) atoms. The predicted molar refractivity (Wildman–Crippen MR) is 120 cm³/mol. The van der Waals surface area contributed by atoms with Crippen LogP contribution in [0.15, 0.2) is 78.9 Å². The van der Waals surface area contributed by atoms with Gasteiger partial charge in [0.05, 0.1) is 6.61 Å². The number of ether oxygens (including phenoxy) is 1. The van der Waals surface area contributed by atoms with Gasteiger partial charge in [0.25, 0.3) is 0 Å². The van der Waals surface area contributed by atoms with E-state index in [0.717, 1.165) is 24.0 Å². The molecule has 0 amide bonds. The highest BCUT2D eigenvalue weighted by molar-refractivity contribution is 5.85. The van der Waals surface area contributed by atoms with Crippen LogP contribution >= 0.6 is 0 Å². The highest BCUT2D eigenvalue weighted by Gasteiger charge is 2.16. The second-order valence-electron chi connectivity index (χ2n) is 7.54. The van der Waals surface area contributed by atoms with Crippen molar-refractivity contribution < 1.29 is 9.53 Å². The molecule has 0 N–H and O–H groups in total. The Balaban J connectivity index is 1.59. The smallest absolute Gasteiger partial charge is 0.140 e. The number of hydrogen-bond acceptors (Lipinski definition) is 2. The Hall–Kier alpha value is -2.71. The molecule has 0 aliphatic carbocycles. The Labute approximate surface area is 174 Å². The predicted octanol–water partition coefficient (Wildman–Crippen LogP) is 6.27. The SMILES string of the molecule is CCc1ccccc1-c1ccccc1CC(=O)C(C)CCOCc1ccccc1. The number of rotatable bonds is 10. The average Bonchev–Trinajstić information content (AvgIpc) is 2.77. The van der Waals surface area contributed by atoms with Gasteiger partial charge in [0.15, 0.2) is 0 Å². The van der Waals surface area contributed by atoms with Crippen LogP contribution < -0.4 is 0 Å². The fraction of sp³-hybridized carbons (Fsp3) is 0.296. The lowest BCUT2D eigenvalue weighted by Gasteiger charge is -2.15. The van der Waals surface area contributed by atoms with E-state index in [9.17, 15) is 4.79 Å². The Morgan fingerprint density at radius 3 is 2.10 bits per heavy atom. The van der Waals surface area contributed by atoms with Gasteiger partial charge in [-0.15, -0.1) is 0 Å². The summed E-state index contributed by atoms with van der Waals surface area (Å²) < 4.78 is 5.76. The third kappa shape index (κ3) is 5.88. The molecule has 0 bridgehead atoms. The summed E-state index contributed by atoms with van der Waals surface area (Å²) in [6, 6.07) is 26.9. The lowest BCUT2D eigenvalue weighted by Crippen LogP contribution is -2.16. The van der Waals surface area contributed by atoms with Crippen molar-refractivity contribution >= 4 is 5.78 Å². The summed E-state index contributed by atoms with van der Waals surface area (Å²) in [4.78, 5) is 12.9. The zero-order valence-electron chi connectivity index (χ0n) is 17.4. The number of hydrogen-bond donors (Lipinski definition) is 0. The first-order valence-corrected chi connectivity index (χ1v) is 10.5. The van der Waals surface area contributed by atoms with Crippen molar-refractivity contribution in [3.8, 4) is 11.1 Å². The van der Waals surface area contributed by atoms with Gasteiger partial charge in [0.1, 0.15) is 5.78 Å². The zero-order valence-corrected chi connectivity index (χ0v) is 17.4. The van der Waals surface area contributed by atoms with Gasteiger partial charge in [-0.1, -0.05) is 92.7 Å². The molecule has 0 fully saturated rings. The maximum absolute atomic E-state index is 12.9. The van der Waals surface area contributed by atoms with Crippen LogP contribution in [0.1, 0.15) is 37.0 Å². The molecule has 2 nitrogen and oxygen atoms in total. The molecule has 0 heterocycles. The van der Waals surface area contributed by atoms with E-state index in [4.69, 9.17) is 4.74 Å². The van der Waals surface area contributed by atoms with Crippen LogP contribution in [0.25, 0.3) is 11.1 Å². The van der Waals surface area contributed by atoms with Gasteiger partial charge >= 0.3 is 0 Å². The van der Waals surface area contributed by atoms with E-state index in [0.29, 0.717) is 19.6 Å². The quantitative estimate of drug-likeness (QED) is 0.384. The molecule has 0 aliphatic rings. The van der Waals surface area contributed by atoms with Crippen molar-refractivity contribution in [3.05, 3.63) is 95.6 Å². The van der Waals surface area contributed by atoms with Crippen molar-refractivity contribution in [2.24, 2.45) is 5.92 Å². The number of carbonyl (C=O) groups excluding carboxylic acids is 1. The molecule has 0 saturated carbocycles. The Morgan fingerprint density at radius 2 is 1.41 bits per heavy atom. The number of benzene rings is 3. The first kappa shape index (κ1) is 21.0. The third-order valence-electron chi connectivity index (χ3n) is 5.43. The van der Waals surface area contributed by atoms with Crippen LogP contribution in [0.4, 0.5) is 0 Å². The number of carbonyl (C=O) groups is 1. The lowest BCUT2D eigenvalue weighted by molar-refractivity contribution is -0.122. The van der Waals surface area contributed by atoms with Crippen molar-refractivity contribution in [1.29, 1.82) is 0 Å². The second kappa shape index (κ2) is 10.7. The van der Waals surface area contributed by atoms with Crippen LogP contribution in [-0.2, 0) is 29.0 Å². The molecule has 150 valence electrons. The van der Waals surface area contributed by atoms with Crippen molar-refractivity contribution in [2.45, 2.75) is 39.7 Å². The Morgan fingerprint density at radius 1 is 0.828 bits per heavy atom. The number of ketones is 1. The lowest BCUT2D eigenvalue weighted by atomic mass is 9.90. The topological polar surface area (TPSA) is 26.3 Å². The van der Waals surface area contributed by atoms with Crippen molar-refractivity contribution in [2.75, 3.05) is 6.61 Å². The van der Waals surface area contributed by atoms with E-state index in [-0.39, 0.29) is 11.7 Å². The van der Waals surface area contributed by atoms with E-state index in [1.54, 1.807) is 0 Å². The molecule has 0 radical (unpaired) electrons. The largest absolute Gasteiger partial charge is 0.377 e. The minimum atomic E-state index is -0.0137. The molecule has 3 aromatic rings. The van der Waals surface area contributed by atoms with Gasteiger partial charge in [-0.2, -0.15) is 0 Å². The highest BCUT2D eigenvalue weighted by atomic mass is 16.5. The number of aryl methyl sites for hydroxylation is 1. The highest BCUT2D eigenvalue weighted by Crippen LogP contribution is 2.28. The van der Waals surface area contributed by atoms with E-state index in [1.165, 1.54) is 16.7 Å². The summed E-state index contributed by atoms with van der Waals surface area (Å²) in [5.74, 6) is 0.259. The van der Waals surface area contributed by atoms with E-state index < -0.39 is 0 Å². The van der Waals surface area contributed by atoms with Crippen molar-refractivity contribution in [3.63, 3.8) is 0 Å². The summed E-state index contributed by atoms with van der Waals surface area (Å²) in [6.45, 7) is 5.38. The van der Waals surface area contributed by atoms with Crippen LogP contribution in [0.5, 0.6) is 0 Å². The van der Waals surface area contributed by atoms with Gasteiger partial charge in [0.2, 0.25) is 0 Å². The van der Waals surface area contributed by atoms with Crippen LogP contribution in [-0.4, -0.2) is 12.4 Å². The van der Waals surface area contributed by atoms with Crippen molar-refractivity contribution in [1.82, 2.24) is 0 Å². The first-order chi connectivity index (χ1) is 14.2. The van der Waals surface area contributed by atoms with Crippen LogP contribution in [0.3, 0.4) is 0 Å². The molecule has 1 unspecified atom stereocenters. The molecule has 0 aromatic heterocycles. The zero-order chi connectivity index (χ0) is 20.5. The molecular formula is C27H30O2. The molecule has 1 atom stereocenters. The van der Waals surface area contributed by atoms with Crippen LogP contribution in [0.2, 0.25) is 0 Å². The molecular weight excluding hydrogens is 356 g/mol. The van der Waals surface area contributed by atoms with Gasteiger partial charge < -0.3 is 4.74 Å². The fourth-order valence-electron chi connectivity index (χ4n) is 3.58. The first-order valence-electron chi connectivity index (χ1n) is 10.5. The summed E-state index contributed by atoms with van der Waals surface area (Å²) >= 11 is 0. The van der Waals surface area contributed by atoms with E-state index in [1.807, 2.05) is 31.2 Å². The minimum absolute atomic E-state index is 0.0137. The molecule has 3 rings (SSSR count). The Kier molecular flexibility index (Phi) is 7.77. The normalized spacial score (nSPS) is 11.9. The summed E-state index contributed by atoms with van der Waals surface area (Å²) in [6.07, 6.45) is 2.20. The summed E-state index contributed by atoms with van der Waals surface area (Å²) in [5, 5.41) is 0. The van der Waals surface area contributed by atoms with E-state index in [2.05, 4.69) is 61.5 Å². The number of Topliss-reactive ketones (excluding diaryl/α,β-unsaturated/α-hetero) is 1.